The quantitative estimate of drug-likeness (QED) is 0.830. The van der Waals surface area contributed by atoms with Crippen LogP contribution in [0.25, 0.3) is 0 Å². The molecule has 2 heterocycles. The predicted octanol–water partition coefficient (Wildman–Crippen LogP) is 2.13. The van der Waals surface area contributed by atoms with Crippen LogP contribution in [0.1, 0.15) is 30.8 Å². The van der Waals surface area contributed by atoms with E-state index in [4.69, 9.17) is 4.52 Å². The van der Waals surface area contributed by atoms with Crippen LogP contribution in [0.15, 0.2) is 4.52 Å². The molecule has 1 aromatic heterocycles. The van der Waals surface area contributed by atoms with Gasteiger partial charge in [0, 0.05) is 29.7 Å². The zero-order valence-electron chi connectivity index (χ0n) is 10.3. The third kappa shape index (κ3) is 3.63. The average Bonchev–Trinajstić information content (AvgIpc) is 2.79. The van der Waals surface area contributed by atoms with E-state index in [-0.39, 0.29) is 0 Å². The van der Waals surface area contributed by atoms with Gasteiger partial charge in [-0.25, -0.2) is 0 Å². The van der Waals surface area contributed by atoms with Crippen molar-refractivity contribution in [3.05, 3.63) is 11.7 Å². The van der Waals surface area contributed by atoms with Crippen molar-refractivity contribution < 1.29 is 4.52 Å². The van der Waals surface area contributed by atoms with Crippen LogP contribution in [0.4, 0.5) is 0 Å². The Morgan fingerprint density at radius 2 is 2.24 bits per heavy atom. The van der Waals surface area contributed by atoms with Crippen molar-refractivity contribution in [2.45, 2.75) is 30.8 Å². The van der Waals surface area contributed by atoms with E-state index in [0.717, 1.165) is 31.2 Å². The van der Waals surface area contributed by atoms with Crippen LogP contribution in [0.5, 0.6) is 0 Å². The lowest BCUT2D eigenvalue weighted by molar-refractivity contribution is 0.371. The molecule has 0 amide bonds. The van der Waals surface area contributed by atoms with Gasteiger partial charge in [0.2, 0.25) is 5.89 Å². The Morgan fingerprint density at radius 1 is 1.41 bits per heavy atom. The van der Waals surface area contributed by atoms with Crippen molar-refractivity contribution in [1.82, 2.24) is 15.5 Å². The van der Waals surface area contributed by atoms with Gasteiger partial charge in [0.1, 0.15) is 0 Å². The van der Waals surface area contributed by atoms with Gasteiger partial charge in [0.15, 0.2) is 5.82 Å². The van der Waals surface area contributed by atoms with Crippen LogP contribution >= 0.6 is 23.5 Å². The second-order valence-electron chi connectivity index (χ2n) is 4.02. The third-order valence-corrected chi connectivity index (χ3v) is 5.78. The molecule has 2 atom stereocenters. The summed E-state index contributed by atoms with van der Waals surface area (Å²) in [5, 5.41) is 8.35. The molecule has 1 aromatic rings. The molecule has 1 aliphatic heterocycles. The fourth-order valence-corrected chi connectivity index (χ4v) is 4.45. The van der Waals surface area contributed by atoms with Gasteiger partial charge in [-0.1, -0.05) is 19.0 Å². The molecule has 4 nitrogen and oxygen atoms in total. The zero-order valence-corrected chi connectivity index (χ0v) is 11.9. The molecule has 0 bridgehead atoms. The maximum Gasteiger partial charge on any atom is 0.227 e. The lowest BCUT2D eigenvalue weighted by Gasteiger charge is -2.24. The number of likely N-dealkylation sites (N-methyl/N-ethyl adjacent to an activating group) is 1. The van der Waals surface area contributed by atoms with Crippen LogP contribution in [0, 0.1) is 0 Å². The monoisotopic (exact) mass is 273 g/mol. The highest BCUT2D eigenvalue weighted by Crippen LogP contribution is 2.40. The molecule has 17 heavy (non-hydrogen) atoms. The predicted molar refractivity (Wildman–Crippen MR) is 73.7 cm³/mol. The number of hydrogen-bond donors (Lipinski definition) is 1. The van der Waals surface area contributed by atoms with Crippen LogP contribution in [-0.4, -0.2) is 40.0 Å². The Kier molecular flexibility index (Phi) is 5.18. The first kappa shape index (κ1) is 13.2. The van der Waals surface area contributed by atoms with Crippen molar-refractivity contribution in [1.29, 1.82) is 0 Å². The molecule has 2 rings (SSSR count). The molecule has 0 saturated carbocycles. The van der Waals surface area contributed by atoms with Gasteiger partial charge in [-0.15, -0.1) is 11.8 Å². The summed E-state index contributed by atoms with van der Waals surface area (Å²) in [5.74, 6) is 4.04. The Labute approximate surface area is 111 Å². The third-order valence-electron chi connectivity index (χ3n) is 2.69. The highest BCUT2D eigenvalue weighted by molar-refractivity contribution is 8.06. The first-order valence-electron chi connectivity index (χ1n) is 6.07. The number of nitrogens with zero attached hydrogens (tertiary/aromatic N) is 2. The second-order valence-corrected chi connectivity index (χ2v) is 6.75. The van der Waals surface area contributed by atoms with E-state index in [0.29, 0.717) is 10.5 Å². The van der Waals surface area contributed by atoms with E-state index >= 15 is 0 Å². The van der Waals surface area contributed by atoms with Gasteiger partial charge in [-0.2, -0.15) is 16.7 Å². The smallest absolute Gasteiger partial charge is 0.227 e. The van der Waals surface area contributed by atoms with E-state index in [9.17, 15) is 0 Å². The number of rotatable bonds is 5. The molecule has 0 spiro atoms. The van der Waals surface area contributed by atoms with Crippen molar-refractivity contribution in [2.75, 3.05) is 24.6 Å². The van der Waals surface area contributed by atoms with Crippen molar-refractivity contribution >= 4 is 23.5 Å². The van der Waals surface area contributed by atoms with Crippen LogP contribution in [-0.2, 0) is 6.42 Å². The Balaban J connectivity index is 1.92. The summed E-state index contributed by atoms with van der Waals surface area (Å²) in [5.41, 5.74) is 0. The molecule has 2 unspecified atom stereocenters. The summed E-state index contributed by atoms with van der Waals surface area (Å²) in [6, 6.07) is 0. The Bertz CT molecular complexity index is 345. The average molecular weight is 273 g/mol. The summed E-state index contributed by atoms with van der Waals surface area (Å²) < 4.78 is 5.29. The fourth-order valence-electron chi connectivity index (χ4n) is 1.77. The van der Waals surface area contributed by atoms with Crippen molar-refractivity contribution in [3.63, 3.8) is 0 Å². The number of hydrogen-bond acceptors (Lipinski definition) is 6. The molecule has 0 radical (unpaired) electrons. The minimum atomic E-state index is 0.394. The van der Waals surface area contributed by atoms with E-state index in [2.05, 4.69) is 29.3 Å². The van der Waals surface area contributed by atoms with Gasteiger partial charge >= 0.3 is 0 Å². The van der Waals surface area contributed by atoms with Crippen LogP contribution in [0.2, 0.25) is 0 Å². The summed E-state index contributed by atoms with van der Waals surface area (Å²) in [4.78, 5) is 4.50. The number of aromatic nitrogens is 2. The first-order valence-corrected chi connectivity index (χ1v) is 8.17. The first-order chi connectivity index (χ1) is 8.31. The van der Waals surface area contributed by atoms with Gasteiger partial charge in [-0.3, -0.25) is 0 Å². The Hall–Kier alpha value is -0.200. The number of nitrogens with one attached hydrogen (secondary N) is 1. The van der Waals surface area contributed by atoms with Crippen LogP contribution in [0.3, 0.4) is 0 Å². The van der Waals surface area contributed by atoms with Crippen molar-refractivity contribution in [3.8, 4) is 0 Å². The lowest BCUT2D eigenvalue weighted by Crippen LogP contribution is -2.17. The molecule has 1 saturated heterocycles. The van der Waals surface area contributed by atoms with Gasteiger partial charge in [0.05, 0.1) is 5.25 Å². The molecular weight excluding hydrogens is 254 g/mol. The zero-order chi connectivity index (χ0) is 12.1. The highest BCUT2D eigenvalue weighted by atomic mass is 32.2. The SMILES string of the molecule is CCNCCc1nc(C2SCCSC2C)no1. The summed E-state index contributed by atoms with van der Waals surface area (Å²) in [6.45, 7) is 6.22. The normalized spacial score (nSPS) is 25.1. The van der Waals surface area contributed by atoms with E-state index in [1.807, 2.05) is 23.5 Å². The Morgan fingerprint density at radius 3 is 3.00 bits per heavy atom. The van der Waals surface area contributed by atoms with Gasteiger partial charge in [-0.05, 0) is 6.54 Å². The molecule has 1 N–H and O–H groups in total. The van der Waals surface area contributed by atoms with E-state index in [1.54, 1.807) is 0 Å². The molecule has 6 heteroatoms. The van der Waals surface area contributed by atoms with E-state index < -0.39 is 0 Å². The van der Waals surface area contributed by atoms with Crippen LogP contribution < -0.4 is 5.32 Å². The minimum Gasteiger partial charge on any atom is -0.339 e. The van der Waals surface area contributed by atoms with Gasteiger partial charge in [0.25, 0.3) is 0 Å². The lowest BCUT2D eigenvalue weighted by atomic mass is 10.3. The van der Waals surface area contributed by atoms with Crippen molar-refractivity contribution in [2.24, 2.45) is 0 Å². The number of thioether (sulfide) groups is 2. The van der Waals surface area contributed by atoms with E-state index in [1.165, 1.54) is 11.5 Å². The molecular formula is C11H19N3OS2. The van der Waals surface area contributed by atoms with Gasteiger partial charge < -0.3 is 9.84 Å². The largest absolute Gasteiger partial charge is 0.339 e. The molecule has 1 fully saturated rings. The molecule has 1 aliphatic rings. The maximum absolute atomic E-state index is 5.29. The topological polar surface area (TPSA) is 51.0 Å². The molecule has 96 valence electrons. The second kappa shape index (κ2) is 6.66. The summed E-state index contributed by atoms with van der Waals surface area (Å²) in [7, 11) is 0. The highest BCUT2D eigenvalue weighted by Gasteiger charge is 2.28. The summed E-state index contributed by atoms with van der Waals surface area (Å²) in [6.07, 6.45) is 0.819. The molecule has 0 aliphatic carbocycles. The standard InChI is InChI=1S/C11H19N3OS2/c1-3-12-5-4-9-13-11(14-15-9)10-8(2)16-6-7-17-10/h8,10,12H,3-7H2,1-2H3. The minimum absolute atomic E-state index is 0.394. The fraction of sp³-hybridized carbons (Fsp3) is 0.818. The maximum atomic E-state index is 5.29. The summed E-state index contributed by atoms with van der Waals surface area (Å²) >= 11 is 3.94. The molecule has 0 aromatic carbocycles.